The Hall–Kier alpha value is -4.19. The lowest BCUT2D eigenvalue weighted by molar-refractivity contribution is 0.0222. The SMILES string of the molecule is C=C(OC(=O)N[C@H](CCN(CC(C)C)C(=O)OC(C)(C)C)Cc1ccc(OCP(=O)(OCc2ccccc2)OCc2ccccc2)cc1)[C@H]1CO[C@@H](C)[C@H]1CCO. The predicted octanol–water partition coefficient (Wildman–Crippen LogP) is 9.12. The van der Waals surface area contributed by atoms with E-state index >= 15 is 0 Å². The molecule has 12 nitrogen and oxygen atoms in total. The number of aliphatic hydroxyl groups excluding tert-OH is 1. The van der Waals surface area contributed by atoms with Crippen LogP contribution in [0.4, 0.5) is 9.59 Å². The first kappa shape index (κ1) is 45.5. The smallest absolute Gasteiger partial charge is 0.412 e. The number of alkyl carbamates (subject to hydrolysis) is 1. The Morgan fingerprint density at radius 3 is 2.09 bits per heavy atom. The summed E-state index contributed by atoms with van der Waals surface area (Å²) < 4.78 is 48.8. The van der Waals surface area contributed by atoms with Crippen molar-refractivity contribution in [2.75, 3.05) is 32.7 Å². The highest BCUT2D eigenvalue weighted by Gasteiger charge is 2.37. The quantitative estimate of drug-likeness (QED) is 0.0791. The van der Waals surface area contributed by atoms with Gasteiger partial charge in [0.2, 0.25) is 0 Å². The Kier molecular flexibility index (Phi) is 17.6. The minimum absolute atomic E-state index is 0.00580. The number of benzene rings is 3. The molecule has 2 N–H and O–H groups in total. The molecule has 13 heteroatoms. The van der Waals surface area contributed by atoms with E-state index in [0.717, 1.165) is 16.7 Å². The van der Waals surface area contributed by atoms with Gasteiger partial charge in [0.1, 0.15) is 17.1 Å². The normalized spacial score (nSPS) is 17.5. The monoisotopic (exact) mass is 808 g/mol. The van der Waals surface area contributed by atoms with E-state index in [9.17, 15) is 19.3 Å². The van der Waals surface area contributed by atoms with E-state index in [0.29, 0.717) is 44.7 Å². The van der Waals surface area contributed by atoms with E-state index in [2.05, 4.69) is 11.9 Å². The molecule has 0 aromatic heterocycles. The molecule has 3 aromatic carbocycles. The minimum atomic E-state index is -3.70. The minimum Gasteiger partial charge on any atom is -0.481 e. The Labute approximate surface area is 338 Å². The van der Waals surface area contributed by atoms with Crippen LogP contribution < -0.4 is 10.1 Å². The van der Waals surface area contributed by atoms with Crippen molar-refractivity contribution >= 4 is 19.8 Å². The van der Waals surface area contributed by atoms with Crippen LogP contribution in [0.15, 0.2) is 97.3 Å². The molecule has 0 bridgehead atoms. The average Bonchev–Trinajstić information content (AvgIpc) is 3.54. The summed E-state index contributed by atoms with van der Waals surface area (Å²) >= 11 is 0. The number of nitrogens with one attached hydrogen (secondary N) is 1. The predicted molar refractivity (Wildman–Crippen MR) is 220 cm³/mol. The van der Waals surface area contributed by atoms with Gasteiger partial charge < -0.3 is 43.3 Å². The van der Waals surface area contributed by atoms with Crippen LogP contribution >= 0.6 is 7.60 Å². The summed E-state index contributed by atoms with van der Waals surface area (Å²) in [5, 5.41) is 12.6. The summed E-state index contributed by atoms with van der Waals surface area (Å²) in [5.74, 6) is 0.675. The second kappa shape index (κ2) is 22.1. The number of rotatable bonds is 21. The van der Waals surface area contributed by atoms with Gasteiger partial charge in [0.25, 0.3) is 0 Å². The van der Waals surface area contributed by atoms with Gasteiger partial charge in [-0.2, -0.15) is 0 Å². The van der Waals surface area contributed by atoms with Crippen LogP contribution in [0.2, 0.25) is 0 Å². The lowest BCUT2D eigenvalue weighted by Gasteiger charge is -2.30. The maximum Gasteiger partial charge on any atom is 0.412 e. The van der Waals surface area contributed by atoms with Gasteiger partial charge in [0.15, 0.2) is 6.35 Å². The number of ether oxygens (including phenoxy) is 4. The molecule has 0 aliphatic carbocycles. The van der Waals surface area contributed by atoms with E-state index in [1.165, 1.54) is 0 Å². The first-order valence-corrected chi connectivity index (χ1v) is 21.4. The number of nitrogens with zero attached hydrogens (tertiary/aromatic N) is 1. The summed E-state index contributed by atoms with van der Waals surface area (Å²) in [4.78, 5) is 28.2. The molecular weight excluding hydrogens is 747 g/mol. The molecule has 1 fully saturated rings. The summed E-state index contributed by atoms with van der Waals surface area (Å²) in [7, 11) is -3.70. The molecule has 312 valence electrons. The van der Waals surface area contributed by atoms with Gasteiger partial charge in [-0.1, -0.05) is 93.2 Å². The highest BCUT2D eigenvalue weighted by molar-refractivity contribution is 7.53. The molecule has 0 saturated carbocycles. The molecule has 4 rings (SSSR count). The van der Waals surface area contributed by atoms with E-state index in [1.54, 1.807) is 17.0 Å². The van der Waals surface area contributed by atoms with Gasteiger partial charge in [0, 0.05) is 31.7 Å². The molecule has 1 aliphatic heterocycles. The van der Waals surface area contributed by atoms with Crippen molar-refractivity contribution in [1.29, 1.82) is 0 Å². The third-order valence-electron chi connectivity index (χ3n) is 9.40. The van der Waals surface area contributed by atoms with E-state index in [4.69, 9.17) is 28.0 Å². The maximum absolute atomic E-state index is 13.9. The topological polar surface area (TPSA) is 142 Å². The number of aliphatic hydroxyl groups is 1. The largest absolute Gasteiger partial charge is 0.481 e. The molecule has 1 saturated heterocycles. The van der Waals surface area contributed by atoms with Crippen molar-refractivity contribution in [1.82, 2.24) is 10.2 Å². The zero-order valence-electron chi connectivity index (χ0n) is 34.3. The molecule has 0 unspecified atom stereocenters. The van der Waals surface area contributed by atoms with Gasteiger partial charge in [-0.15, -0.1) is 0 Å². The highest BCUT2D eigenvalue weighted by Crippen LogP contribution is 2.49. The third kappa shape index (κ3) is 15.9. The fourth-order valence-corrected chi connectivity index (χ4v) is 7.69. The van der Waals surface area contributed by atoms with Crippen LogP contribution in [-0.2, 0) is 47.5 Å². The van der Waals surface area contributed by atoms with Crippen molar-refractivity contribution in [3.63, 3.8) is 0 Å². The molecular formula is C44H61N2O10P. The van der Waals surface area contributed by atoms with Gasteiger partial charge in [0.05, 0.1) is 25.9 Å². The number of carbonyl (C=O) groups excluding carboxylic acids is 2. The second-order valence-electron chi connectivity index (χ2n) is 15.9. The summed E-state index contributed by atoms with van der Waals surface area (Å²) in [6.07, 6.45) is -0.165. The molecule has 0 spiro atoms. The first-order valence-electron chi connectivity index (χ1n) is 19.7. The molecule has 2 amide bonds. The number of amides is 2. The van der Waals surface area contributed by atoms with Crippen molar-refractivity contribution in [3.05, 3.63) is 114 Å². The Morgan fingerprint density at radius 1 is 0.947 bits per heavy atom. The zero-order valence-corrected chi connectivity index (χ0v) is 35.2. The number of carbonyl (C=O) groups is 2. The van der Waals surface area contributed by atoms with Crippen LogP contribution in [0.5, 0.6) is 5.75 Å². The highest BCUT2D eigenvalue weighted by atomic mass is 31.2. The summed E-state index contributed by atoms with van der Waals surface area (Å²) in [6.45, 7) is 16.9. The van der Waals surface area contributed by atoms with Crippen LogP contribution in [0.1, 0.15) is 71.1 Å². The fraction of sp³-hybridized carbons (Fsp3) is 0.500. The molecule has 0 radical (unpaired) electrons. The van der Waals surface area contributed by atoms with Gasteiger partial charge >= 0.3 is 19.8 Å². The van der Waals surface area contributed by atoms with Crippen LogP contribution in [0.3, 0.4) is 0 Å². The van der Waals surface area contributed by atoms with Crippen LogP contribution in [0.25, 0.3) is 0 Å². The van der Waals surface area contributed by atoms with Gasteiger partial charge in [-0.3, -0.25) is 4.57 Å². The van der Waals surface area contributed by atoms with Crippen molar-refractivity contribution < 1.29 is 47.3 Å². The third-order valence-corrected chi connectivity index (χ3v) is 10.9. The van der Waals surface area contributed by atoms with E-state index in [-0.39, 0.29) is 55.8 Å². The van der Waals surface area contributed by atoms with Crippen molar-refractivity contribution in [3.8, 4) is 5.75 Å². The van der Waals surface area contributed by atoms with Crippen LogP contribution in [-0.4, -0.2) is 72.6 Å². The standard InChI is InChI=1S/C44H61N2O10P/c1-32(2)27-46(43(49)56-44(5,6)7)24-22-38(45-42(48)55-34(4)41-30-51-33(3)40(41)23-25-47)26-35-18-20-39(21-19-35)52-31-57(50,53-28-36-14-10-8-11-15-36)54-29-37-16-12-9-13-17-37/h8-21,32-33,38,40-41,47H,4,22-31H2,1-3,5-7H3,(H,45,48)/t33-,38+,40+,41+/m0/s1. The van der Waals surface area contributed by atoms with Crippen molar-refractivity contribution in [2.45, 2.75) is 91.8 Å². The molecule has 1 aliphatic rings. The number of hydrogen-bond donors (Lipinski definition) is 2. The van der Waals surface area contributed by atoms with Crippen molar-refractivity contribution in [2.24, 2.45) is 17.8 Å². The molecule has 1 heterocycles. The lowest BCUT2D eigenvalue weighted by Crippen LogP contribution is -2.43. The summed E-state index contributed by atoms with van der Waals surface area (Å²) in [5.41, 5.74) is 1.92. The van der Waals surface area contributed by atoms with Crippen LogP contribution in [0, 0.1) is 17.8 Å². The Bertz CT molecular complexity index is 1690. The van der Waals surface area contributed by atoms with Gasteiger partial charge in [-0.05, 0) is 87.6 Å². The second-order valence-corrected chi connectivity index (χ2v) is 17.9. The Balaban J connectivity index is 1.45. The average molecular weight is 809 g/mol. The molecule has 4 atom stereocenters. The van der Waals surface area contributed by atoms with E-state index < -0.39 is 31.4 Å². The molecule has 57 heavy (non-hydrogen) atoms. The zero-order chi connectivity index (χ0) is 41.4. The van der Waals surface area contributed by atoms with Gasteiger partial charge in [-0.25, -0.2) is 9.59 Å². The fourth-order valence-electron chi connectivity index (χ4n) is 6.46. The maximum atomic E-state index is 13.9. The summed E-state index contributed by atoms with van der Waals surface area (Å²) in [6, 6.07) is 25.7. The van der Waals surface area contributed by atoms with E-state index in [1.807, 2.05) is 114 Å². The lowest BCUT2D eigenvalue weighted by atomic mass is 9.88. The number of hydrogen-bond acceptors (Lipinski definition) is 10. The molecule has 3 aromatic rings. The first-order chi connectivity index (χ1) is 27.1. The Morgan fingerprint density at radius 2 is 1.54 bits per heavy atom.